The lowest BCUT2D eigenvalue weighted by Crippen LogP contribution is -1.65. The Balaban J connectivity index is 2.23. The Morgan fingerprint density at radius 2 is 2.46 bits per heavy atom. The quantitative estimate of drug-likeness (QED) is 0.707. The highest BCUT2D eigenvalue weighted by Crippen LogP contribution is 2.31. The minimum absolute atomic E-state index is 0.958. The van der Waals surface area contributed by atoms with Crippen LogP contribution in [-0.2, 0) is 0 Å². The van der Waals surface area contributed by atoms with E-state index in [9.17, 15) is 0 Å². The number of thioether (sulfide) groups is 1. The maximum Gasteiger partial charge on any atom is 0.134 e. The monoisotopic (exact) mass is 210 g/mol. The minimum atomic E-state index is 0.958. The molecule has 2 aromatic rings. The maximum atomic E-state index is 5.31. The van der Waals surface area contributed by atoms with Gasteiger partial charge >= 0.3 is 0 Å². The second-order valence-electron chi connectivity index (χ2n) is 2.56. The van der Waals surface area contributed by atoms with E-state index in [4.69, 9.17) is 4.42 Å². The lowest BCUT2D eigenvalue weighted by Gasteiger charge is -1.89. The van der Waals surface area contributed by atoms with Gasteiger partial charge in [-0.05, 0) is 24.0 Å². The van der Waals surface area contributed by atoms with Crippen LogP contribution < -0.4 is 0 Å². The molecule has 0 fully saturated rings. The Kier molecular flexibility index (Phi) is 2.76. The Hall–Kier alpha value is -0.670. The number of hydrogen-bond acceptors (Lipinski definition) is 3. The molecule has 2 heterocycles. The molecule has 0 spiro atoms. The normalized spacial score (nSPS) is 10.5. The zero-order valence-electron chi connectivity index (χ0n) is 7.32. The van der Waals surface area contributed by atoms with Gasteiger partial charge in [-0.2, -0.15) is 0 Å². The van der Waals surface area contributed by atoms with E-state index in [1.807, 2.05) is 23.9 Å². The summed E-state index contributed by atoms with van der Waals surface area (Å²) in [5, 5.41) is 2.14. The van der Waals surface area contributed by atoms with E-state index in [0.29, 0.717) is 0 Å². The molecule has 0 aromatic carbocycles. The molecule has 0 bridgehead atoms. The van der Waals surface area contributed by atoms with Gasteiger partial charge in [-0.15, -0.1) is 23.1 Å². The lowest BCUT2D eigenvalue weighted by atomic mass is 10.3. The van der Waals surface area contributed by atoms with Crippen LogP contribution in [0.25, 0.3) is 11.3 Å². The first kappa shape index (κ1) is 8.91. The van der Waals surface area contributed by atoms with Crippen LogP contribution in [0.5, 0.6) is 0 Å². The highest BCUT2D eigenvalue weighted by atomic mass is 32.2. The van der Waals surface area contributed by atoms with Gasteiger partial charge in [0.2, 0.25) is 0 Å². The molecular weight excluding hydrogens is 200 g/mol. The summed E-state index contributed by atoms with van der Waals surface area (Å²) in [6.45, 7) is 2.16. The largest absolute Gasteiger partial charge is 0.464 e. The third-order valence-corrected chi connectivity index (χ3v) is 3.72. The van der Waals surface area contributed by atoms with Gasteiger partial charge in [-0.25, -0.2) is 0 Å². The van der Waals surface area contributed by atoms with E-state index in [0.717, 1.165) is 11.5 Å². The Morgan fingerprint density at radius 3 is 3.15 bits per heavy atom. The summed E-state index contributed by atoms with van der Waals surface area (Å²) >= 11 is 3.65. The van der Waals surface area contributed by atoms with E-state index in [2.05, 4.69) is 18.4 Å². The average Bonchev–Trinajstić information content (AvgIpc) is 2.70. The van der Waals surface area contributed by atoms with Crippen molar-refractivity contribution in [1.82, 2.24) is 0 Å². The molecule has 68 valence electrons. The zero-order valence-corrected chi connectivity index (χ0v) is 8.95. The van der Waals surface area contributed by atoms with Crippen LogP contribution in [0, 0.1) is 0 Å². The SMILES string of the molecule is CCSc1cc(-c2ccco2)cs1. The molecule has 0 saturated heterocycles. The van der Waals surface area contributed by atoms with Crippen molar-refractivity contribution in [2.75, 3.05) is 5.75 Å². The predicted octanol–water partition coefficient (Wildman–Crippen LogP) is 4.12. The molecule has 0 aliphatic heterocycles. The second kappa shape index (κ2) is 4.03. The highest BCUT2D eigenvalue weighted by Gasteiger charge is 2.03. The summed E-state index contributed by atoms with van der Waals surface area (Å²) in [4.78, 5) is 0. The molecule has 0 N–H and O–H groups in total. The summed E-state index contributed by atoms with van der Waals surface area (Å²) in [5.74, 6) is 2.08. The zero-order chi connectivity index (χ0) is 9.10. The van der Waals surface area contributed by atoms with Crippen LogP contribution in [0.2, 0.25) is 0 Å². The van der Waals surface area contributed by atoms with Crippen molar-refractivity contribution >= 4 is 23.1 Å². The topological polar surface area (TPSA) is 13.1 Å². The van der Waals surface area contributed by atoms with Crippen LogP contribution >= 0.6 is 23.1 Å². The first-order valence-electron chi connectivity index (χ1n) is 4.15. The fourth-order valence-corrected chi connectivity index (χ4v) is 2.99. The molecule has 0 aliphatic carbocycles. The average molecular weight is 210 g/mol. The van der Waals surface area contributed by atoms with Gasteiger partial charge in [-0.3, -0.25) is 0 Å². The highest BCUT2D eigenvalue weighted by molar-refractivity contribution is 8.01. The number of furan rings is 1. The molecule has 3 heteroatoms. The van der Waals surface area contributed by atoms with Gasteiger partial charge in [0.05, 0.1) is 10.5 Å². The maximum absolute atomic E-state index is 5.31. The molecule has 2 rings (SSSR count). The summed E-state index contributed by atoms with van der Waals surface area (Å²) in [6.07, 6.45) is 1.71. The fourth-order valence-electron chi connectivity index (χ4n) is 1.11. The first-order chi connectivity index (χ1) is 6.40. The molecule has 0 saturated carbocycles. The standard InChI is InChI=1S/C10H10OS2/c1-2-12-10-6-8(7-13-10)9-4-3-5-11-9/h3-7H,2H2,1H3. The second-order valence-corrected chi connectivity index (χ2v) is 5.04. The van der Waals surface area contributed by atoms with Crippen molar-refractivity contribution in [3.8, 4) is 11.3 Å². The summed E-state index contributed by atoms with van der Waals surface area (Å²) in [7, 11) is 0. The third-order valence-electron chi connectivity index (χ3n) is 1.67. The molecule has 13 heavy (non-hydrogen) atoms. The van der Waals surface area contributed by atoms with Crippen molar-refractivity contribution in [3.05, 3.63) is 29.8 Å². The van der Waals surface area contributed by atoms with Gasteiger partial charge < -0.3 is 4.42 Å². The van der Waals surface area contributed by atoms with Crippen LogP contribution in [0.4, 0.5) is 0 Å². The van der Waals surface area contributed by atoms with Crippen LogP contribution in [-0.4, -0.2) is 5.75 Å². The van der Waals surface area contributed by atoms with E-state index in [1.54, 1.807) is 17.6 Å². The van der Waals surface area contributed by atoms with Gasteiger partial charge in [0.15, 0.2) is 0 Å². The van der Waals surface area contributed by atoms with Crippen molar-refractivity contribution in [2.24, 2.45) is 0 Å². The van der Waals surface area contributed by atoms with Gasteiger partial charge in [0.25, 0.3) is 0 Å². The molecule has 0 aliphatic rings. The van der Waals surface area contributed by atoms with Crippen molar-refractivity contribution in [3.63, 3.8) is 0 Å². The molecule has 0 unspecified atom stereocenters. The fraction of sp³-hybridized carbons (Fsp3) is 0.200. The third kappa shape index (κ3) is 1.98. The first-order valence-corrected chi connectivity index (χ1v) is 6.02. The Morgan fingerprint density at radius 1 is 1.54 bits per heavy atom. The summed E-state index contributed by atoms with van der Waals surface area (Å²) in [5.41, 5.74) is 1.19. The molecule has 0 radical (unpaired) electrons. The number of hydrogen-bond donors (Lipinski definition) is 0. The minimum Gasteiger partial charge on any atom is -0.464 e. The van der Waals surface area contributed by atoms with Crippen LogP contribution in [0.3, 0.4) is 0 Å². The Labute approximate surface area is 85.8 Å². The predicted molar refractivity (Wildman–Crippen MR) is 58.4 cm³/mol. The Bertz CT molecular complexity index is 362. The molecule has 2 aromatic heterocycles. The van der Waals surface area contributed by atoms with Crippen molar-refractivity contribution in [2.45, 2.75) is 11.1 Å². The van der Waals surface area contributed by atoms with Crippen LogP contribution in [0.1, 0.15) is 6.92 Å². The van der Waals surface area contributed by atoms with E-state index in [-0.39, 0.29) is 0 Å². The summed E-state index contributed by atoms with van der Waals surface area (Å²) in [6, 6.07) is 6.08. The molecule has 0 amide bonds. The smallest absolute Gasteiger partial charge is 0.134 e. The van der Waals surface area contributed by atoms with Crippen LogP contribution in [0.15, 0.2) is 38.5 Å². The lowest BCUT2D eigenvalue weighted by molar-refractivity contribution is 0.582. The van der Waals surface area contributed by atoms with E-state index in [1.165, 1.54) is 9.77 Å². The van der Waals surface area contributed by atoms with E-state index < -0.39 is 0 Å². The van der Waals surface area contributed by atoms with Gasteiger partial charge in [0, 0.05) is 10.9 Å². The van der Waals surface area contributed by atoms with Gasteiger partial charge in [0.1, 0.15) is 5.76 Å². The number of thiophene rings is 1. The molecular formula is C10H10OS2. The van der Waals surface area contributed by atoms with Crippen molar-refractivity contribution < 1.29 is 4.42 Å². The molecule has 1 nitrogen and oxygen atoms in total. The van der Waals surface area contributed by atoms with E-state index >= 15 is 0 Å². The van der Waals surface area contributed by atoms with Gasteiger partial charge in [-0.1, -0.05) is 6.92 Å². The van der Waals surface area contributed by atoms with Crippen molar-refractivity contribution in [1.29, 1.82) is 0 Å². The number of rotatable bonds is 3. The summed E-state index contributed by atoms with van der Waals surface area (Å²) < 4.78 is 6.66. The molecule has 0 atom stereocenters.